The summed E-state index contributed by atoms with van der Waals surface area (Å²) in [5.41, 5.74) is 7.23. The third-order valence-corrected chi connectivity index (χ3v) is 3.17. The van der Waals surface area contributed by atoms with Crippen molar-refractivity contribution in [2.24, 2.45) is 11.7 Å². The predicted octanol–water partition coefficient (Wildman–Crippen LogP) is 0.738. The molecule has 5 heteroatoms. The van der Waals surface area contributed by atoms with Gasteiger partial charge in [-0.05, 0) is 12.6 Å². The number of fused-ring (bicyclic) bond motifs is 1. The van der Waals surface area contributed by atoms with Gasteiger partial charge in [0.25, 0.3) is 0 Å². The molecule has 0 bridgehead atoms. The molecule has 0 aliphatic carbocycles. The van der Waals surface area contributed by atoms with Gasteiger partial charge < -0.3 is 25.6 Å². The van der Waals surface area contributed by atoms with E-state index in [0.29, 0.717) is 24.6 Å². The molecule has 1 aliphatic rings. The number of aliphatic hydroxyl groups is 1. The minimum absolute atomic E-state index is 0.0133. The molecule has 1 aliphatic heterocycles. The topological polar surface area (TPSA) is 76.7 Å². The third kappa shape index (κ3) is 2.03. The largest absolute Gasteiger partial charge is 0.497 e. The molecule has 0 aromatic heterocycles. The number of aliphatic hydroxyl groups excluding tert-OH is 1. The van der Waals surface area contributed by atoms with Gasteiger partial charge in [0, 0.05) is 24.1 Å². The fraction of sp³-hybridized carbons (Fsp3) is 0.500. The monoisotopic (exact) mass is 238 g/mol. The highest BCUT2D eigenvalue weighted by Gasteiger charge is 2.29. The molecule has 0 radical (unpaired) electrons. The van der Waals surface area contributed by atoms with Gasteiger partial charge in [-0.2, -0.15) is 0 Å². The number of hydrogen-bond acceptors (Lipinski definition) is 5. The van der Waals surface area contributed by atoms with Gasteiger partial charge in [0.05, 0.1) is 26.0 Å². The maximum atomic E-state index is 10.2. The summed E-state index contributed by atoms with van der Waals surface area (Å²) in [7, 11) is 3.18. The molecule has 17 heavy (non-hydrogen) atoms. The van der Waals surface area contributed by atoms with Gasteiger partial charge in [-0.3, -0.25) is 0 Å². The van der Waals surface area contributed by atoms with Gasteiger partial charge in [0.1, 0.15) is 11.5 Å². The molecule has 0 saturated heterocycles. The predicted molar refractivity (Wildman–Crippen MR) is 65.5 cm³/mol. The lowest BCUT2D eigenvalue weighted by Gasteiger charge is -2.31. The average molecular weight is 238 g/mol. The number of rotatable bonds is 3. The summed E-state index contributed by atoms with van der Waals surface area (Å²) in [6, 6.07) is 3.61. The summed E-state index contributed by atoms with van der Waals surface area (Å²) < 4.78 is 10.5. The maximum absolute atomic E-state index is 10.2. The zero-order valence-corrected chi connectivity index (χ0v) is 10.1. The molecular formula is C12H18N2O3. The molecule has 5 nitrogen and oxygen atoms in total. The van der Waals surface area contributed by atoms with Crippen molar-refractivity contribution in [1.29, 1.82) is 0 Å². The van der Waals surface area contributed by atoms with Gasteiger partial charge in [-0.1, -0.05) is 0 Å². The summed E-state index contributed by atoms with van der Waals surface area (Å²) in [6.45, 7) is 1.08. The Labute approximate surface area is 101 Å². The van der Waals surface area contributed by atoms with Crippen LogP contribution in [0.25, 0.3) is 0 Å². The summed E-state index contributed by atoms with van der Waals surface area (Å²) in [6.07, 6.45) is -0.583. The van der Waals surface area contributed by atoms with E-state index in [1.807, 2.05) is 6.07 Å². The van der Waals surface area contributed by atoms with Crippen LogP contribution in [0.4, 0.5) is 5.69 Å². The number of nitrogens with one attached hydrogen (secondary N) is 1. The summed E-state index contributed by atoms with van der Waals surface area (Å²) in [5.74, 6) is 1.35. The highest BCUT2D eigenvalue weighted by Crippen LogP contribution is 2.41. The molecule has 0 fully saturated rings. The Bertz CT molecular complexity index is 409. The number of ether oxygens (including phenoxy) is 2. The van der Waals surface area contributed by atoms with Crippen molar-refractivity contribution in [2.75, 3.05) is 32.6 Å². The van der Waals surface area contributed by atoms with Crippen LogP contribution in [0, 0.1) is 5.92 Å². The van der Waals surface area contributed by atoms with Crippen LogP contribution >= 0.6 is 0 Å². The van der Waals surface area contributed by atoms with Crippen LogP contribution in [0.3, 0.4) is 0 Å². The Morgan fingerprint density at radius 1 is 1.41 bits per heavy atom. The van der Waals surface area contributed by atoms with E-state index in [1.54, 1.807) is 20.3 Å². The van der Waals surface area contributed by atoms with Crippen molar-refractivity contribution in [3.8, 4) is 11.5 Å². The van der Waals surface area contributed by atoms with Gasteiger partial charge in [-0.15, -0.1) is 0 Å². The summed E-state index contributed by atoms with van der Waals surface area (Å²) in [4.78, 5) is 0. The number of nitrogens with two attached hydrogens (primary N) is 1. The van der Waals surface area contributed by atoms with E-state index >= 15 is 0 Å². The molecule has 2 atom stereocenters. The van der Waals surface area contributed by atoms with Crippen LogP contribution in [0.1, 0.15) is 11.7 Å². The number of anilines is 1. The van der Waals surface area contributed by atoms with Crippen molar-refractivity contribution in [3.63, 3.8) is 0 Å². The lowest BCUT2D eigenvalue weighted by atomic mass is 9.90. The summed E-state index contributed by atoms with van der Waals surface area (Å²) >= 11 is 0. The molecule has 1 aromatic carbocycles. The van der Waals surface area contributed by atoms with Crippen LogP contribution < -0.4 is 20.5 Å². The minimum Gasteiger partial charge on any atom is -0.497 e. The van der Waals surface area contributed by atoms with Gasteiger partial charge >= 0.3 is 0 Å². The minimum atomic E-state index is -0.583. The van der Waals surface area contributed by atoms with Gasteiger partial charge in [-0.25, -0.2) is 0 Å². The summed E-state index contributed by atoms with van der Waals surface area (Å²) in [5, 5.41) is 13.5. The molecule has 4 N–H and O–H groups in total. The molecular weight excluding hydrogens is 220 g/mol. The zero-order chi connectivity index (χ0) is 12.4. The van der Waals surface area contributed by atoms with Crippen LogP contribution in [0.5, 0.6) is 11.5 Å². The van der Waals surface area contributed by atoms with E-state index in [-0.39, 0.29) is 5.92 Å². The molecule has 1 heterocycles. The van der Waals surface area contributed by atoms with Crippen LogP contribution in [0.15, 0.2) is 12.1 Å². The normalized spacial score (nSPS) is 22.6. The first-order valence-electron chi connectivity index (χ1n) is 5.59. The van der Waals surface area contributed by atoms with Crippen molar-refractivity contribution < 1.29 is 14.6 Å². The standard InChI is InChI=1S/C12H18N2O3/c1-16-8-3-9-11(10(4-8)17-2)14-6-7(5-13)12(9)15/h3-4,7,12,14-15H,5-6,13H2,1-2H3/t7-,12-/m1/s1. The van der Waals surface area contributed by atoms with Gasteiger partial charge in [0.15, 0.2) is 0 Å². The fourth-order valence-corrected chi connectivity index (χ4v) is 2.12. The molecule has 0 amide bonds. The highest BCUT2D eigenvalue weighted by molar-refractivity contribution is 5.67. The highest BCUT2D eigenvalue weighted by atomic mass is 16.5. The average Bonchev–Trinajstić information content (AvgIpc) is 2.38. The maximum Gasteiger partial charge on any atom is 0.146 e. The van der Waals surface area contributed by atoms with Crippen molar-refractivity contribution in [1.82, 2.24) is 0 Å². The first-order chi connectivity index (χ1) is 8.21. The molecule has 94 valence electrons. The van der Waals surface area contributed by atoms with E-state index in [9.17, 15) is 5.11 Å². The smallest absolute Gasteiger partial charge is 0.146 e. The second kappa shape index (κ2) is 4.81. The molecule has 2 rings (SSSR count). The van der Waals surface area contributed by atoms with E-state index in [4.69, 9.17) is 15.2 Å². The second-order valence-corrected chi connectivity index (χ2v) is 4.12. The molecule has 0 spiro atoms. The van der Waals surface area contributed by atoms with E-state index < -0.39 is 6.10 Å². The van der Waals surface area contributed by atoms with Crippen molar-refractivity contribution in [2.45, 2.75) is 6.10 Å². The Balaban J connectivity index is 2.47. The SMILES string of the molecule is COc1cc(OC)c2c(c1)[C@H](O)[C@H](CN)CN2. The van der Waals surface area contributed by atoms with E-state index in [1.165, 1.54) is 0 Å². The fourth-order valence-electron chi connectivity index (χ4n) is 2.12. The van der Waals surface area contributed by atoms with Crippen LogP contribution in [-0.4, -0.2) is 32.4 Å². The lowest BCUT2D eigenvalue weighted by Crippen LogP contribution is -2.33. The lowest BCUT2D eigenvalue weighted by molar-refractivity contribution is 0.114. The van der Waals surface area contributed by atoms with E-state index in [0.717, 1.165) is 11.3 Å². The number of methoxy groups -OCH3 is 2. The van der Waals surface area contributed by atoms with Gasteiger partial charge in [0.2, 0.25) is 0 Å². The Hall–Kier alpha value is -1.46. The number of hydrogen-bond donors (Lipinski definition) is 3. The third-order valence-electron chi connectivity index (χ3n) is 3.17. The van der Waals surface area contributed by atoms with Crippen LogP contribution in [-0.2, 0) is 0 Å². The second-order valence-electron chi connectivity index (χ2n) is 4.12. The Morgan fingerprint density at radius 3 is 2.76 bits per heavy atom. The first kappa shape index (κ1) is 12.0. The number of benzene rings is 1. The molecule has 0 saturated carbocycles. The Kier molecular flexibility index (Phi) is 3.40. The zero-order valence-electron chi connectivity index (χ0n) is 10.1. The first-order valence-corrected chi connectivity index (χ1v) is 5.59. The Morgan fingerprint density at radius 2 is 2.18 bits per heavy atom. The quantitative estimate of drug-likeness (QED) is 0.724. The van der Waals surface area contributed by atoms with Crippen LogP contribution in [0.2, 0.25) is 0 Å². The molecule has 1 aromatic rings. The van der Waals surface area contributed by atoms with Crippen molar-refractivity contribution >= 4 is 5.69 Å². The van der Waals surface area contributed by atoms with Crippen molar-refractivity contribution in [3.05, 3.63) is 17.7 Å². The van der Waals surface area contributed by atoms with E-state index in [2.05, 4.69) is 5.32 Å². The molecule has 0 unspecified atom stereocenters.